The smallest absolute Gasteiger partial charge is 0.421 e. The quantitative estimate of drug-likeness (QED) is 0.646. The topological polar surface area (TPSA) is 47.5 Å². The Labute approximate surface area is 163 Å². The van der Waals surface area contributed by atoms with Crippen molar-refractivity contribution >= 4 is 11.5 Å². The van der Waals surface area contributed by atoms with Gasteiger partial charge in [0.05, 0.1) is 12.3 Å². The fourth-order valence-electron chi connectivity index (χ4n) is 2.36. The van der Waals surface area contributed by atoms with Crippen molar-refractivity contribution in [3.63, 3.8) is 0 Å². The molecule has 0 atom stereocenters. The molecule has 154 valence electrons. The maximum atomic E-state index is 13.6. The van der Waals surface area contributed by atoms with Gasteiger partial charge in [0.2, 0.25) is 0 Å². The van der Waals surface area contributed by atoms with Crippen molar-refractivity contribution in [3.8, 4) is 11.8 Å². The SMILES string of the molecule is CC(C)COc1ccccc1N(C)c1nc(OC(C)(C)C)ncc1C(F)(F)F. The van der Waals surface area contributed by atoms with Crippen LogP contribution in [-0.2, 0) is 6.18 Å². The first kappa shape index (κ1) is 21.8. The van der Waals surface area contributed by atoms with Crippen LogP contribution in [0.1, 0.15) is 40.2 Å². The first-order valence-corrected chi connectivity index (χ1v) is 8.97. The normalized spacial score (nSPS) is 12.2. The summed E-state index contributed by atoms with van der Waals surface area (Å²) >= 11 is 0. The van der Waals surface area contributed by atoms with E-state index in [1.54, 1.807) is 45.0 Å². The molecule has 0 aliphatic rings. The molecular weight excluding hydrogens is 371 g/mol. The molecule has 0 saturated heterocycles. The summed E-state index contributed by atoms with van der Waals surface area (Å²) in [5.74, 6) is 0.445. The van der Waals surface area contributed by atoms with E-state index in [1.807, 2.05) is 13.8 Å². The van der Waals surface area contributed by atoms with E-state index in [-0.39, 0.29) is 17.7 Å². The van der Waals surface area contributed by atoms with Gasteiger partial charge in [-0.25, -0.2) is 4.98 Å². The number of aromatic nitrogens is 2. The third-order valence-electron chi connectivity index (χ3n) is 3.57. The number of alkyl halides is 3. The van der Waals surface area contributed by atoms with Gasteiger partial charge in [0, 0.05) is 13.2 Å². The Morgan fingerprint density at radius 2 is 1.75 bits per heavy atom. The number of benzene rings is 1. The van der Waals surface area contributed by atoms with E-state index >= 15 is 0 Å². The number of hydrogen-bond donors (Lipinski definition) is 0. The molecule has 1 heterocycles. The number of anilines is 2. The second-order valence-electron chi connectivity index (χ2n) is 7.83. The highest BCUT2D eigenvalue weighted by atomic mass is 19.4. The van der Waals surface area contributed by atoms with Gasteiger partial charge in [-0.3, -0.25) is 0 Å². The molecule has 5 nitrogen and oxygen atoms in total. The van der Waals surface area contributed by atoms with Crippen molar-refractivity contribution in [2.45, 2.75) is 46.4 Å². The zero-order chi connectivity index (χ0) is 21.1. The molecule has 8 heteroatoms. The average Bonchev–Trinajstić information content (AvgIpc) is 2.57. The standard InChI is InChI=1S/C20H26F3N3O2/c1-13(2)12-27-16-10-8-7-9-15(16)26(6)17-14(20(21,22)23)11-24-18(25-17)28-19(3,4)5/h7-11,13H,12H2,1-6H3. The zero-order valence-electron chi connectivity index (χ0n) is 17.0. The molecule has 2 rings (SSSR count). The maximum Gasteiger partial charge on any atom is 0.421 e. The fraction of sp³-hybridized carbons (Fsp3) is 0.500. The van der Waals surface area contributed by atoms with Crippen LogP contribution in [0.5, 0.6) is 11.8 Å². The lowest BCUT2D eigenvalue weighted by Gasteiger charge is -2.26. The lowest BCUT2D eigenvalue weighted by atomic mass is 10.2. The van der Waals surface area contributed by atoms with Crippen LogP contribution < -0.4 is 14.4 Å². The van der Waals surface area contributed by atoms with E-state index < -0.39 is 17.3 Å². The van der Waals surface area contributed by atoms with E-state index in [0.717, 1.165) is 6.20 Å². The predicted molar refractivity (Wildman–Crippen MR) is 102 cm³/mol. The molecule has 2 aromatic rings. The molecule has 0 fully saturated rings. The second kappa shape index (κ2) is 8.24. The second-order valence-corrected chi connectivity index (χ2v) is 7.83. The summed E-state index contributed by atoms with van der Waals surface area (Å²) in [4.78, 5) is 9.14. The van der Waals surface area contributed by atoms with Crippen molar-refractivity contribution in [1.29, 1.82) is 0 Å². The van der Waals surface area contributed by atoms with Crippen molar-refractivity contribution in [1.82, 2.24) is 9.97 Å². The van der Waals surface area contributed by atoms with Crippen LogP contribution in [0, 0.1) is 5.92 Å². The minimum atomic E-state index is -4.61. The van der Waals surface area contributed by atoms with Gasteiger partial charge in [0.25, 0.3) is 0 Å². The van der Waals surface area contributed by atoms with Gasteiger partial charge in [-0.15, -0.1) is 0 Å². The lowest BCUT2D eigenvalue weighted by molar-refractivity contribution is -0.137. The van der Waals surface area contributed by atoms with Gasteiger partial charge >= 0.3 is 12.2 Å². The molecule has 0 bridgehead atoms. The maximum absolute atomic E-state index is 13.6. The first-order chi connectivity index (χ1) is 12.9. The molecule has 0 amide bonds. The highest BCUT2D eigenvalue weighted by molar-refractivity contribution is 5.68. The summed E-state index contributed by atoms with van der Waals surface area (Å²) < 4.78 is 52.0. The molecule has 0 radical (unpaired) electrons. The van der Waals surface area contributed by atoms with Crippen LogP contribution in [0.2, 0.25) is 0 Å². The summed E-state index contributed by atoms with van der Waals surface area (Å²) in [5, 5.41) is 0. The Kier molecular flexibility index (Phi) is 6.41. The van der Waals surface area contributed by atoms with Crippen LogP contribution in [0.3, 0.4) is 0 Å². The number of rotatable bonds is 6. The van der Waals surface area contributed by atoms with Gasteiger partial charge in [-0.05, 0) is 38.8 Å². The Balaban J connectivity index is 2.51. The minimum Gasteiger partial charge on any atom is -0.491 e. The minimum absolute atomic E-state index is 0.122. The van der Waals surface area contributed by atoms with Gasteiger partial charge in [-0.2, -0.15) is 18.2 Å². The zero-order valence-corrected chi connectivity index (χ0v) is 17.0. The number of hydrogen-bond acceptors (Lipinski definition) is 5. The van der Waals surface area contributed by atoms with Crippen LogP contribution in [0.25, 0.3) is 0 Å². The van der Waals surface area contributed by atoms with Crippen LogP contribution in [-0.4, -0.2) is 29.2 Å². The monoisotopic (exact) mass is 397 g/mol. The average molecular weight is 397 g/mol. The Morgan fingerprint density at radius 1 is 1.11 bits per heavy atom. The highest BCUT2D eigenvalue weighted by Gasteiger charge is 2.37. The highest BCUT2D eigenvalue weighted by Crippen LogP contribution is 2.40. The molecule has 0 unspecified atom stereocenters. The van der Waals surface area contributed by atoms with Crippen molar-refractivity contribution in [3.05, 3.63) is 36.0 Å². The van der Waals surface area contributed by atoms with Crippen LogP contribution >= 0.6 is 0 Å². The van der Waals surface area contributed by atoms with Crippen LogP contribution in [0.15, 0.2) is 30.5 Å². The summed E-state index contributed by atoms with van der Waals surface area (Å²) in [6.07, 6.45) is -3.87. The van der Waals surface area contributed by atoms with E-state index in [0.29, 0.717) is 18.0 Å². The van der Waals surface area contributed by atoms with Crippen molar-refractivity contribution < 1.29 is 22.6 Å². The van der Waals surface area contributed by atoms with Gasteiger partial charge in [-0.1, -0.05) is 26.0 Å². The molecule has 28 heavy (non-hydrogen) atoms. The Morgan fingerprint density at radius 3 is 2.32 bits per heavy atom. The number of nitrogens with zero attached hydrogens (tertiary/aromatic N) is 3. The van der Waals surface area contributed by atoms with E-state index in [2.05, 4.69) is 9.97 Å². The summed E-state index contributed by atoms with van der Waals surface area (Å²) in [5.41, 5.74) is -1.13. The summed E-state index contributed by atoms with van der Waals surface area (Å²) in [6, 6.07) is 6.78. The molecule has 0 aliphatic heterocycles. The fourth-order valence-corrected chi connectivity index (χ4v) is 2.36. The van der Waals surface area contributed by atoms with Crippen LogP contribution in [0.4, 0.5) is 24.7 Å². The van der Waals surface area contributed by atoms with Gasteiger partial charge in [0.1, 0.15) is 16.9 Å². The Hall–Kier alpha value is -2.51. The number of halogens is 3. The van der Waals surface area contributed by atoms with Crippen molar-refractivity contribution in [2.24, 2.45) is 5.92 Å². The largest absolute Gasteiger partial charge is 0.491 e. The first-order valence-electron chi connectivity index (χ1n) is 8.97. The van der Waals surface area contributed by atoms with E-state index in [1.165, 1.54) is 11.9 Å². The summed E-state index contributed by atoms with van der Waals surface area (Å²) in [6.45, 7) is 9.74. The molecule has 1 aromatic heterocycles. The molecule has 1 aromatic carbocycles. The van der Waals surface area contributed by atoms with E-state index in [9.17, 15) is 13.2 Å². The van der Waals surface area contributed by atoms with Gasteiger partial charge in [0.15, 0.2) is 5.82 Å². The van der Waals surface area contributed by atoms with Gasteiger partial charge < -0.3 is 14.4 Å². The third kappa shape index (κ3) is 5.74. The third-order valence-corrected chi connectivity index (χ3v) is 3.57. The lowest BCUT2D eigenvalue weighted by Crippen LogP contribution is -2.26. The molecule has 0 aliphatic carbocycles. The molecule has 0 saturated carbocycles. The number of ether oxygens (including phenoxy) is 2. The number of para-hydroxylation sites is 2. The molecule has 0 spiro atoms. The Bertz CT molecular complexity index is 802. The summed E-state index contributed by atoms with van der Waals surface area (Å²) in [7, 11) is 1.51. The molecule has 0 N–H and O–H groups in total. The molecular formula is C20H26F3N3O2. The predicted octanol–water partition coefficient (Wildman–Crippen LogP) is 5.48. The van der Waals surface area contributed by atoms with E-state index in [4.69, 9.17) is 9.47 Å². The van der Waals surface area contributed by atoms with Crippen molar-refractivity contribution in [2.75, 3.05) is 18.6 Å².